The first kappa shape index (κ1) is 22.7. The minimum absolute atomic E-state index is 0.0357. The van der Waals surface area contributed by atoms with Gasteiger partial charge in [-0.25, -0.2) is 8.78 Å². The van der Waals surface area contributed by atoms with Crippen molar-refractivity contribution >= 4 is 0 Å². The fraction of sp³-hybridized carbons (Fsp3) is 1.00. The fourth-order valence-corrected chi connectivity index (χ4v) is 3.26. The summed E-state index contributed by atoms with van der Waals surface area (Å²) in [5.74, 6) is -2.52. The third kappa shape index (κ3) is 6.71. The van der Waals surface area contributed by atoms with Crippen molar-refractivity contribution in [2.24, 2.45) is 10.8 Å². The van der Waals surface area contributed by atoms with Gasteiger partial charge < -0.3 is 24.0 Å². The lowest BCUT2D eigenvalue weighted by atomic mass is 9.86. The van der Waals surface area contributed by atoms with Crippen molar-refractivity contribution in [3.63, 3.8) is 0 Å². The van der Waals surface area contributed by atoms with Crippen molar-refractivity contribution in [3.8, 4) is 0 Å². The highest BCUT2D eigenvalue weighted by Crippen LogP contribution is 2.60. The van der Waals surface area contributed by atoms with Crippen LogP contribution in [0.3, 0.4) is 0 Å². The molecule has 0 spiro atoms. The van der Waals surface area contributed by atoms with Crippen LogP contribution in [-0.2, 0) is 14.2 Å². The second-order valence-electron chi connectivity index (χ2n) is 8.42. The Hall–Kier alpha value is -0.340. The molecule has 1 aliphatic heterocycles. The molecular weight excluding hydrogens is 330 g/mol. The van der Waals surface area contributed by atoms with Crippen molar-refractivity contribution in [1.29, 1.82) is 0 Å². The summed E-state index contributed by atoms with van der Waals surface area (Å²) in [4.78, 5) is 3.98. The zero-order chi connectivity index (χ0) is 19.3. The number of methoxy groups -OCH3 is 1. The van der Waals surface area contributed by atoms with Crippen LogP contribution in [0.25, 0.3) is 0 Å². The Kier molecular flexibility index (Phi) is 8.21. The fourth-order valence-electron chi connectivity index (χ4n) is 3.26. The van der Waals surface area contributed by atoms with E-state index >= 15 is 0 Å². The minimum atomic E-state index is -2.52. The molecule has 1 heterocycles. The van der Waals surface area contributed by atoms with Crippen LogP contribution in [0.15, 0.2) is 0 Å². The molecule has 2 aliphatic rings. The topological polar surface area (TPSA) is 34.2 Å². The van der Waals surface area contributed by atoms with Crippen LogP contribution in [0.1, 0.15) is 20.3 Å². The lowest BCUT2D eigenvalue weighted by Crippen LogP contribution is -2.52. The number of ether oxygens (including phenoxy) is 3. The van der Waals surface area contributed by atoms with E-state index in [9.17, 15) is 8.78 Å². The quantitative estimate of drug-likeness (QED) is 0.625. The van der Waals surface area contributed by atoms with E-state index in [1.54, 1.807) is 19.0 Å². The standard InChI is InChI=1S/C10H21NO2.C8H15F2NO/c1-9(2)13-8-10(5-11(3)4)6-12-7-10;1-11(2)5-7(6-12-3)4-8(7,9)10/h9H,5-8H2,1-4H3;4-6H2,1-3H3. The predicted molar refractivity (Wildman–Crippen MR) is 95.3 cm³/mol. The van der Waals surface area contributed by atoms with Crippen molar-refractivity contribution in [3.05, 3.63) is 0 Å². The van der Waals surface area contributed by atoms with Crippen LogP contribution in [-0.4, -0.2) is 96.6 Å². The van der Waals surface area contributed by atoms with Gasteiger partial charge in [0.25, 0.3) is 5.92 Å². The Labute approximate surface area is 151 Å². The number of halogens is 2. The average Bonchev–Trinajstić information content (AvgIpc) is 2.92. The predicted octanol–water partition coefficient (Wildman–Crippen LogP) is 2.21. The first-order chi connectivity index (χ1) is 11.5. The maximum Gasteiger partial charge on any atom is 0.258 e. The maximum absolute atomic E-state index is 12.9. The molecule has 1 unspecified atom stereocenters. The summed E-state index contributed by atoms with van der Waals surface area (Å²) in [6.07, 6.45) is 0.283. The van der Waals surface area contributed by atoms with Gasteiger partial charge in [0, 0.05) is 26.6 Å². The normalized spacial score (nSPS) is 26.4. The molecule has 150 valence electrons. The third-order valence-corrected chi connectivity index (χ3v) is 4.44. The van der Waals surface area contributed by atoms with Crippen LogP contribution in [0.4, 0.5) is 8.78 Å². The lowest BCUT2D eigenvalue weighted by Gasteiger charge is -2.43. The largest absolute Gasteiger partial charge is 0.384 e. The Morgan fingerprint density at radius 1 is 1.00 bits per heavy atom. The highest BCUT2D eigenvalue weighted by Gasteiger charge is 2.70. The van der Waals surface area contributed by atoms with E-state index in [4.69, 9.17) is 14.2 Å². The van der Waals surface area contributed by atoms with Gasteiger partial charge in [-0.05, 0) is 42.0 Å². The highest BCUT2D eigenvalue weighted by molar-refractivity contribution is 5.11. The molecule has 7 heteroatoms. The van der Waals surface area contributed by atoms with Gasteiger partial charge in [-0.15, -0.1) is 0 Å². The molecule has 0 radical (unpaired) electrons. The second-order valence-corrected chi connectivity index (χ2v) is 8.42. The molecule has 0 aromatic rings. The van der Waals surface area contributed by atoms with Crippen LogP contribution in [0.2, 0.25) is 0 Å². The summed E-state index contributed by atoms with van der Waals surface area (Å²) in [6.45, 7) is 8.26. The second kappa shape index (κ2) is 9.04. The van der Waals surface area contributed by atoms with E-state index in [2.05, 4.69) is 32.8 Å². The van der Waals surface area contributed by atoms with Gasteiger partial charge >= 0.3 is 0 Å². The average molecular weight is 366 g/mol. The van der Waals surface area contributed by atoms with Gasteiger partial charge in [0.2, 0.25) is 0 Å². The zero-order valence-corrected chi connectivity index (χ0v) is 16.9. The number of nitrogens with zero attached hydrogens (tertiary/aromatic N) is 2. The van der Waals surface area contributed by atoms with Gasteiger partial charge in [-0.3, -0.25) is 0 Å². The number of rotatable bonds is 9. The summed E-state index contributed by atoms with van der Waals surface area (Å²) >= 11 is 0. The molecule has 1 saturated carbocycles. The number of hydrogen-bond acceptors (Lipinski definition) is 5. The van der Waals surface area contributed by atoms with Crippen molar-refractivity contribution in [2.75, 3.05) is 74.8 Å². The van der Waals surface area contributed by atoms with Crippen LogP contribution >= 0.6 is 0 Å². The highest BCUT2D eigenvalue weighted by atomic mass is 19.3. The van der Waals surface area contributed by atoms with E-state index in [0.29, 0.717) is 12.6 Å². The Morgan fingerprint density at radius 3 is 1.80 bits per heavy atom. The Morgan fingerprint density at radius 2 is 1.52 bits per heavy atom. The van der Waals surface area contributed by atoms with Gasteiger partial charge in [-0.1, -0.05) is 0 Å². The molecule has 0 N–H and O–H groups in total. The maximum atomic E-state index is 12.9. The molecule has 1 aliphatic carbocycles. The molecule has 0 aromatic carbocycles. The lowest BCUT2D eigenvalue weighted by molar-refractivity contribution is -0.162. The molecule has 0 aromatic heterocycles. The molecule has 2 fully saturated rings. The molecule has 0 amide bonds. The molecule has 1 saturated heterocycles. The van der Waals surface area contributed by atoms with Crippen molar-refractivity contribution in [2.45, 2.75) is 32.3 Å². The smallest absolute Gasteiger partial charge is 0.258 e. The zero-order valence-electron chi connectivity index (χ0n) is 16.9. The van der Waals surface area contributed by atoms with Gasteiger partial charge in [0.1, 0.15) is 0 Å². The van der Waals surface area contributed by atoms with E-state index in [-0.39, 0.29) is 18.4 Å². The monoisotopic (exact) mass is 366 g/mol. The van der Waals surface area contributed by atoms with E-state index in [1.165, 1.54) is 7.11 Å². The van der Waals surface area contributed by atoms with Gasteiger partial charge in [0.05, 0.1) is 43.4 Å². The summed E-state index contributed by atoms with van der Waals surface area (Å²) in [7, 11) is 9.24. The Balaban J connectivity index is 0.000000251. The molecule has 1 atom stereocenters. The summed E-state index contributed by atoms with van der Waals surface area (Å²) in [5.41, 5.74) is -0.654. The molecule has 25 heavy (non-hydrogen) atoms. The third-order valence-electron chi connectivity index (χ3n) is 4.44. The summed E-state index contributed by atoms with van der Waals surface area (Å²) in [5, 5.41) is 0. The molecule has 2 rings (SSSR count). The van der Waals surface area contributed by atoms with Crippen LogP contribution < -0.4 is 0 Å². The van der Waals surface area contributed by atoms with E-state index in [0.717, 1.165) is 26.4 Å². The minimum Gasteiger partial charge on any atom is -0.384 e. The number of hydrogen-bond donors (Lipinski definition) is 0. The SMILES string of the molecule is CC(C)OCC1(CN(C)C)COC1.COCC1(CN(C)C)CC1(F)F. The molecule has 5 nitrogen and oxygen atoms in total. The van der Waals surface area contributed by atoms with Gasteiger partial charge in [-0.2, -0.15) is 0 Å². The van der Waals surface area contributed by atoms with Gasteiger partial charge in [0.15, 0.2) is 0 Å². The number of alkyl halides is 2. The van der Waals surface area contributed by atoms with Crippen molar-refractivity contribution < 1.29 is 23.0 Å². The Bertz CT molecular complexity index is 402. The molecular formula is C18H36F2N2O3. The van der Waals surface area contributed by atoms with Crippen molar-refractivity contribution in [1.82, 2.24) is 9.80 Å². The summed E-state index contributed by atoms with van der Waals surface area (Å²) < 4.78 is 41.5. The van der Waals surface area contributed by atoms with Crippen LogP contribution in [0.5, 0.6) is 0 Å². The van der Waals surface area contributed by atoms with Crippen LogP contribution in [0, 0.1) is 10.8 Å². The van der Waals surface area contributed by atoms with E-state index < -0.39 is 11.3 Å². The first-order valence-electron chi connectivity index (χ1n) is 8.83. The van der Waals surface area contributed by atoms with E-state index in [1.807, 2.05) is 0 Å². The molecule has 0 bridgehead atoms. The first-order valence-corrected chi connectivity index (χ1v) is 8.83. The summed E-state index contributed by atoms with van der Waals surface area (Å²) in [6, 6.07) is 0.